The molecule has 25 heavy (non-hydrogen) atoms. The molecule has 2 heterocycles. The monoisotopic (exact) mass is 363 g/mol. The zero-order chi connectivity index (χ0) is 17.8. The zero-order valence-corrected chi connectivity index (χ0v) is 14.1. The van der Waals surface area contributed by atoms with E-state index in [2.05, 4.69) is 0 Å². The van der Waals surface area contributed by atoms with Crippen molar-refractivity contribution in [2.45, 2.75) is 4.90 Å². The minimum atomic E-state index is -4.07. The molecule has 8 nitrogen and oxygen atoms in total. The molecule has 2 aliphatic heterocycles. The summed E-state index contributed by atoms with van der Waals surface area (Å²) in [5.41, 5.74) is 0.193. The van der Waals surface area contributed by atoms with Crippen molar-refractivity contribution in [3.63, 3.8) is 0 Å². The molecule has 0 aliphatic carbocycles. The minimum absolute atomic E-state index is 0.0234. The van der Waals surface area contributed by atoms with Crippen LogP contribution in [0.3, 0.4) is 0 Å². The molecule has 4 rings (SSSR count). The molecule has 0 unspecified atom stereocenters. The maximum atomic E-state index is 12.9. The number of ether oxygens (including phenoxy) is 4. The summed E-state index contributed by atoms with van der Waals surface area (Å²) in [7, 11) is -1.27. The Morgan fingerprint density at radius 3 is 2.40 bits per heavy atom. The molecule has 0 saturated heterocycles. The van der Waals surface area contributed by atoms with Gasteiger partial charge in [-0.2, -0.15) is 4.31 Å². The molecule has 2 aromatic carbocycles. The second-order valence-electron chi connectivity index (χ2n) is 5.32. The summed E-state index contributed by atoms with van der Waals surface area (Å²) in [5.74, 6) is 0.706. The number of hydrogen-bond acceptors (Lipinski definition) is 7. The molecule has 0 saturated carbocycles. The van der Waals surface area contributed by atoms with Crippen molar-refractivity contribution in [3.05, 3.63) is 35.9 Å². The van der Waals surface area contributed by atoms with Crippen LogP contribution in [-0.2, 0) is 10.0 Å². The van der Waals surface area contributed by atoms with Gasteiger partial charge in [-0.1, -0.05) is 0 Å². The Labute approximate surface area is 143 Å². The molecule has 0 aromatic heterocycles. The number of carbonyl (C=O) groups is 1. The van der Waals surface area contributed by atoms with Crippen LogP contribution < -0.4 is 23.3 Å². The van der Waals surface area contributed by atoms with Crippen molar-refractivity contribution in [3.8, 4) is 23.0 Å². The molecular formula is C16H13NO7S. The third-order valence-electron chi connectivity index (χ3n) is 4.01. The second kappa shape index (κ2) is 5.28. The highest BCUT2D eigenvalue weighted by Crippen LogP contribution is 2.43. The molecule has 2 aromatic rings. The Morgan fingerprint density at radius 1 is 1.00 bits per heavy atom. The van der Waals surface area contributed by atoms with Crippen molar-refractivity contribution in [2.75, 3.05) is 25.3 Å². The lowest BCUT2D eigenvalue weighted by atomic mass is 10.1. The molecule has 0 radical (unpaired) electrons. The van der Waals surface area contributed by atoms with Gasteiger partial charge in [-0.3, -0.25) is 4.79 Å². The van der Waals surface area contributed by atoms with Gasteiger partial charge in [-0.25, -0.2) is 8.42 Å². The summed E-state index contributed by atoms with van der Waals surface area (Å²) in [6, 6.07) is 7.15. The summed E-state index contributed by atoms with van der Waals surface area (Å²) in [5, 5.41) is 0. The third-order valence-corrected chi connectivity index (χ3v) is 5.76. The second-order valence-corrected chi connectivity index (χ2v) is 7.07. The van der Waals surface area contributed by atoms with E-state index in [0.29, 0.717) is 11.5 Å². The van der Waals surface area contributed by atoms with E-state index in [1.807, 2.05) is 0 Å². The minimum Gasteiger partial charge on any atom is -0.493 e. The van der Waals surface area contributed by atoms with Gasteiger partial charge in [0.2, 0.25) is 6.79 Å². The number of fused-ring (bicyclic) bond motifs is 2. The van der Waals surface area contributed by atoms with Gasteiger partial charge in [0, 0.05) is 12.1 Å². The number of anilines is 1. The number of methoxy groups -OCH3 is 2. The van der Waals surface area contributed by atoms with Crippen LogP contribution in [0, 0.1) is 0 Å². The first kappa shape index (κ1) is 15.6. The van der Waals surface area contributed by atoms with Crippen molar-refractivity contribution >= 4 is 21.6 Å². The molecule has 1 amide bonds. The Kier molecular flexibility index (Phi) is 3.29. The Hall–Kier alpha value is -2.94. The first-order valence-corrected chi connectivity index (χ1v) is 8.66. The summed E-state index contributed by atoms with van der Waals surface area (Å²) < 4.78 is 47.3. The number of sulfonamides is 1. The van der Waals surface area contributed by atoms with Crippen LogP contribution in [0.1, 0.15) is 10.4 Å². The van der Waals surface area contributed by atoms with Gasteiger partial charge in [0.15, 0.2) is 23.0 Å². The van der Waals surface area contributed by atoms with E-state index in [0.717, 1.165) is 4.31 Å². The lowest BCUT2D eigenvalue weighted by molar-refractivity contribution is 0.101. The van der Waals surface area contributed by atoms with Crippen LogP contribution in [0.5, 0.6) is 23.0 Å². The first-order chi connectivity index (χ1) is 12.0. The highest BCUT2D eigenvalue weighted by Gasteiger charge is 2.43. The van der Waals surface area contributed by atoms with E-state index in [-0.39, 0.29) is 34.4 Å². The molecule has 0 atom stereocenters. The maximum Gasteiger partial charge on any atom is 0.273 e. The van der Waals surface area contributed by atoms with Crippen LogP contribution >= 0.6 is 0 Å². The summed E-state index contributed by atoms with van der Waals surface area (Å²) in [4.78, 5) is 12.6. The first-order valence-electron chi connectivity index (χ1n) is 7.22. The zero-order valence-electron chi connectivity index (χ0n) is 13.3. The number of hydrogen-bond donors (Lipinski definition) is 0. The number of benzene rings is 2. The fourth-order valence-electron chi connectivity index (χ4n) is 2.83. The summed E-state index contributed by atoms with van der Waals surface area (Å²) in [6.45, 7) is 0.0497. The maximum absolute atomic E-state index is 12.9. The normalized spacial score (nSPS) is 16.7. The Morgan fingerprint density at radius 2 is 1.68 bits per heavy atom. The Bertz CT molecular complexity index is 1000. The van der Waals surface area contributed by atoms with Crippen molar-refractivity contribution in [1.29, 1.82) is 0 Å². The van der Waals surface area contributed by atoms with Gasteiger partial charge >= 0.3 is 0 Å². The number of nitrogens with zero attached hydrogens (tertiary/aromatic N) is 1. The molecule has 0 spiro atoms. The highest BCUT2D eigenvalue weighted by atomic mass is 32.2. The van der Waals surface area contributed by atoms with Crippen LogP contribution in [0.25, 0.3) is 0 Å². The van der Waals surface area contributed by atoms with Gasteiger partial charge < -0.3 is 18.9 Å². The van der Waals surface area contributed by atoms with Crippen LogP contribution in [0.2, 0.25) is 0 Å². The van der Waals surface area contributed by atoms with Gasteiger partial charge in [-0.15, -0.1) is 0 Å². The van der Waals surface area contributed by atoms with E-state index < -0.39 is 15.9 Å². The predicted molar refractivity (Wildman–Crippen MR) is 86.1 cm³/mol. The van der Waals surface area contributed by atoms with Crippen LogP contribution in [-0.4, -0.2) is 35.3 Å². The third kappa shape index (κ3) is 2.12. The molecule has 130 valence electrons. The largest absolute Gasteiger partial charge is 0.493 e. The number of carbonyl (C=O) groups excluding carboxylic acids is 1. The topological polar surface area (TPSA) is 91.4 Å². The standard InChI is InChI=1S/C16H13NO7S/c1-21-12-6-10-15(7-13(12)22-2)25(19,20)17(16(10)18)9-3-4-11-14(5-9)24-8-23-11/h3-7H,8H2,1-2H3. The van der Waals surface area contributed by atoms with E-state index in [1.165, 1.54) is 38.5 Å². The average Bonchev–Trinajstić information content (AvgIpc) is 3.14. The molecule has 9 heteroatoms. The molecule has 0 bridgehead atoms. The lowest BCUT2D eigenvalue weighted by Crippen LogP contribution is -2.29. The van der Waals surface area contributed by atoms with Gasteiger partial charge in [-0.05, 0) is 18.2 Å². The van der Waals surface area contributed by atoms with Crippen LogP contribution in [0.15, 0.2) is 35.2 Å². The van der Waals surface area contributed by atoms with Crippen molar-refractivity contribution < 1.29 is 32.2 Å². The van der Waals surface area contributed by atoms with Gasteiger partial charge in [0.1, 0.15) is 4.90 Å². The van der Waals surface area contributed by atoms with Gasteiger partial charge in [0.25, 0.3) is 15.9 Å². The van der Waals surface area contributed by atoms with E-state index in [4.69, 9.17) is 18.9 Å². The molecule has 0 fully saturated rings. The summed E-state index contributed by atoms with van der Waals surface area (Å²) >= 11 is 0. The number of rotatable bonds is 3. The van der Waals surface area contributed by atoms with Crippen molar-refractivity contribution in [2.24, 2.45) is 0 Å². The smallest absolute Gasteiger partial charge is 0.273 e. The predicted octanol–water partition coefficient (Wildman–Crippen LogP) is 1.78. The van der Waals surface area contributed by atoms with Gasteiger partial charge in [0.05, 0.1) is 25.5 Å². The molecule has 0 N–H and O–H groups in total. The summed E-state index contributed by atoms with van der Waals surface area (Å²) in [6.07, 6.45) is 0. The quantitative estimate of drug-likeness (QED) is 0.821. The number of amides is 1. The Balaban J connectivity index is 1.87. The lowest BCUT2D eigenvalue weighted by Gasteiger charge is -2.15. The molecule has 2 aliphatic rings. The van der Waals surface area contributed by atoms with Crippen molar-refractivity contribution in [1.82, 2.24) is 0 Å². The average molecular weight is 363 g/mol. The van der Waals surface area contributed by atoms with Crippen LogP contribution in [0.4, 0.5) is 5.69 Å². The molecular weight excluding hydrogens is 350 g/mol. The highest BCUT2D eigenvalue weighted by molar-refractivity contribution is 7.94. The SMILES string of the molecule is COc1cc2c(cc1OC)S(=O)(=O)N(c1ccc3c(c1)OCO3)C2=O. The van der Waals surface area contributed by atoms with E-state index in [9.17, 15) is 13.2 Å². The fourth-order valence-corrected chi connectivity index (χ4v) is 4.41. The fraction of sp³-hybridized carbons (Fsp3) is 0.188. The van der Waals surface area contributed by atoms with E-state index >= 15 is 0 Å². The van der Waals surface area contributed by atoms with E-state index in [1.54, 1.807) is 6.07 Å².